The minimum atomic E-state index is -0.0282. The van der Waals surface area contributed by atoms with Crippen LogP contribution in [0.25, 0.3) is 121 Å². The van der Waals surface area contributed by atoms with Crippen LogP contribution in [-0.4, -0.2) is 9.13 Å². The number of benzene rings is 9. The van der Waals surface area contributed by atoms with Crippen LogP contribution in [0.2, 0.25) is 0 Å². The Morgan fingerprint density at radius 1 is 0.322 bits per heavy atom. The van der Waals surface area contributed by atoms with Gasteiger partial charge in [0.25, 0.3) is 0 Å². The van der Waals surface area contributed by atoms with Crippen molar-refractivity contribution in [2.45, 2.75) is 0 Å². The highest BCUT2D eigenvalue weighted by molar-refractivity contribution is 6.14. The van der Waals surface area contributed by atoms with Crippen molar-refractivity contribution >= 4 is 65.6 Å². The van der Waals surface area contributed by atoms with Gasteiger partial charge < -0.3 is 13.6 Å². The van der Waals surface area contributed by atoms with Crippen LogP contribution in [0.1, 0.15) is 0 Å². The smallest absolute Gasteiger partial charge is 0.200 e. The molecule has 0 fully saturated rings. The molecule has 3 aromatic heterocycles. The van der Waals surface area contributed by atoms with Gasteiger partial charge in [-0.3, -0.25) is 4.79 Å². The van der Waals surface area contributed by atoms with Crippen molar-refractivity contribution in [1.82, 2.24) is 9.13 Å². The number of aromatic nitrogens is 2. The third-order valence-electron chi connectivity index (χ3n) is 12.5. The van der Waals surface area contributed by atoms with Crippen LogP contribution < -0.4 is 5.43 Å². The summed E-state index contributed by atoms with van der Waals surface area (Å²) in [4.78, 5) is 14.2. The molecule has 1 aliphatic carbocycles. The van der Waals surface area contributed by atoms with Gasteiger partial charge in [-0.05, 0) is 106 Å². The van der Waals surface area contributed by atoms with Gasteiger partial charge in [-0.1, -0.05) is 127 Å². The van der Waals surface area contributed by atoms with E-state index in [2.05, 4.69) is 179 Å². The summed E-state index contributed by atoms with van der Waals surface area (Å²) in [6.07, 6.45) is 0. The van der Waals surface area contributed by atoms with E-state index in [0.717, 1.165) is 66.9 Å². The highest BCUT2D eigenvalue weighted by atomic mass is 16.3. The summed E-state index contributed by atoms with van der Waals surface area (Å²) >= 11 is 0. The highest BCUT2D eigenvalue weighted by Crippen LogP contribution is 2.51. The van der Waals surface area contributed by atoms with E-state index >= 15 is 0 Å². The molecule has 0 saturated carbocycles. The monoisotopic (exact) mass is 752 g/mol. The second kappa shape index (κ2) is 12.0. The van der Waals surface area contributed by atoms with E-state index in [9.17, 15) is 4.79 Å². The number of para-hydroxylation sites is 4. The molecule has 12 aromatic rings. The summed E-state index contributed by atoms with van der Waals surface area (Å²) in [7, 11) is 0. The molecule has 4 nitrogen and oxygen atoms in total. The first-order valence-corrected chi connectivity index (χ1v) is 20.1. The second-order valence-electron chi connectivity index (χ2n) is 15.5. The molecule has 274 valence electrons. The molecule has 0 radical (unpaired) electrons. The zero-order valence-electron chi connectivity index (χ0n) is 31.7. The van der Waals surface area contributed by atoms with Gasteiger partial charge in [-0.15, -0.1) is 0 Å². The van der Waals surface area contributed by atoms with Crippen LogP contribution in [0.5, 0.6) is 0 Å². The predicted molar refractivity (Wildman–Crippen MR) is 244 cm³/mol. The molecule has 3 heterocycles. The van der Waals surface area contributed by atoms with Gasteiger partial charge in [0.15, 0.2) is 0 Å². The minimum Gasteiger partial charge on any atom is -0.456 e. The van der Waals surface area contributed by atoms with E-state index in [1.165, 1.54) is 32.6 Å². The normalized spacial score (nSPS) is 12.1. The van der Waals surface area contributed by atoms with Gasteiger partial charge in [-0.2, -0.15) is 0 Å². The van der Waals surface area contributed by atoms with Crippen LogP contribution in [0.4, 0.5) is 0 Å². The molecule has 0 saturated heterocycles. The third-order valence-corrected chi connectivity index (χ3v) is 12.5. The summed E-state index contributed by atoms with van der Waals surface area (Å²) in [5.41, 5.74) is 16.6. The predicted octanol–water partition coefficient (Wildman–Crippen LogP) is 14.1. The Bertz CT molecular complexity index is 3770. The summed E-state index contributed by atoms with van der Waals surface area (Å²) in [5.74, 6) is 0. The van der Waals surface area contributed by atoms with E-state index in [1.807, 2.05) is 24.3 Å². The van der Waals surface area contributed by atoms with Gasteiger partial charge in [0.05, 0.1) is 38.5 Å². The van der Waals surface area contributed by atoms with Gasteiger partial charge in [0, 0.05) is 32.8 Å². The van der Waals surface area contributed by atoms with E-state index in [-0.39, 0.29) is 5.43 Å². The van der Waals surface area contributed by atoms with E-state index in [0.29, 0.717) is 21.9 Å². The Labute approximate surface area is 338 Å². The standard InChI is InChI=1S/C55H32N2O2/c58-55-42-21-8-12-27-52(42)59-53-32-44-36-16-2-1-14-34(36)35-15-3-4-20-40(35)54-41(43(44)31-46(53)55)22-13-26-51(54)57-49-25-11-7-19-39(49)45-30-33(28-29-50(45)57)56-47-23-9-5-17-37(47)38-18-6-10-24-48(38)56/h1-32H. The van der Waals surface area contributed by atoms with Crippen LogP contribution >= 0.6 is 0 Å². The van der Waals surface area contributed by atoms with Crippen molar-refractivity contribution in [3.8, 4) is 55.9 Å². The molecular formula is C55H32N2O2. The van der Waals surface area contributed by atoms with Crippen molar-refractivity contribution in [2.24, 2.45) is 0 Å². The first kappa shape index (κ1) is 32.2. The minimum absolute atomic E-state index is 0.0282. The molecule has 0 aliphatic heterocycles. The molecule has 0 spiro atoms. The Hall–Kier alpha value is -7.95. The van der Waals surface area contributed by atoms with Crippen molar-refractivity contribution in [3.05, 3.63) is 204 Å². The van der Waals surface area contributed by atoms with Crippen molar-refractivity contribution in [2.75, 3.05) is 0 Å². The Morgan fingerprint density at radius 3 is 1.54 bits per heavy atom. The maximum Gasteiger partial charge on any atom is 0.200 e. The quantitative estimate of drug-likeness (QED) is 0.165. The molecule has 1 aliphatic rings. The fourth-order valence-electron chi connectivity index (χ4n) is 9.98. The summed E-state index contributed by atoms with van der Waals surface area (Å²) < 4.78 is 11.3. The van der Waals surface area contributed by atoms with Gasteiger partial charge in [0.2, 0.25) is 5.43 Å². The lowest BCUT2D eigenvalue weighted by molar-refractivity contribution is 0.660. The third kappa shape index (κ3) is 4.46. The zero-order chi connectivity index (χ0) is 38.8. The Kier molecular flexibility index (Phi) is 6.56. The van der Waals surface area contributed by atoms with E-state index < -0.39 is 0 Å². The SMILES string of the molecule is O=c1c2ccccc2oc2cc3c(cc12)-c1cccc(-n2c4ccccc4c4cc(-n5c6ccccc6c6ccccc65)ccc42)c1-c1ccccc1-c1ccccc1-3. The van der Waals surface area contributed by atoms with E-state index in [1.54, 1.807) is 0 Å². The van der Waals surface area contributed by atoms with E-state index in [4.69, 9.17) is 4.42 Å². The molecule has 4 heteroatoms. The van der Waals surface area contributed by atoms with Crippen LogP contribution in [0, 0.1) is 0 Å². The molecule has 0 N–H and O–H groups in total. The fraction of sp³-hybridized carbons (Fsp3) is 0. The maximum atomic E-state index is 14.2. The lowest BCUT2D eigenvalue weighted by Crippen LogP contribution is -2.05. The first-order valence-electron chi connectivity index (χ1n) is 20.1. The topological polar surface area (TPSA) is 40.1 Å². The lowest BCUT2D eigenvalue weighted by atomic mass is 9.80. The fourth-order valence-corrected chi connectivity index (χ4v) is 9.98. The average molecular weight is 753 g/mol. The van der Waals surface area contributed by atoms with Crippen molar-refractivity contribution in [3.63, 3.8) is 0 Å². The summed E-state index contributed by atoms with van der Waals surface area (Å²) in [5, 5.41) is 6.00. The molecule has 0 bridgehead atoms. The molecule has 59 heavy (non-hydrogen) atoms. The maximum absolute atomic E-state index is 14.2. The van der Waals surface area contributed by atoms with Crippen molar-refractivity contribution in [1.29, 1.82) is 0 Å². The molecule has 0 atom stereocenters. The van der Waals surface area contributed by atoms with Crippen LogP contribution in [-0.2, 0) is 0 Å². The first-order chi connectivity index (χ1) is 29.2. The number of hydrogen-bond donors (Lipinski definition) is 0. The Balaban J connectivity index is 1.14. The second-order valence-corrected chi connectivity index (χ2v) is 15.5. The number of rotatable bonds is 2. The molecule has 0 unspecified atom stereocenters. The van der Waals surface area contributed by atoms with Gasteiger partial charge in [0.1, 0.15) is 11.2 Å². The average Bonchev–Trinajstić information content (AvgIpc) is 3.81. The van der Waals surface area contributed by atoms with Gasteiger partial charge >= 0.3 is 0 Å². The number of fused-ring (bicyclic) bond motifs is 16. The molecular weight excluding hydrogens is 721 g/mol. The molecule has 0 amide bonds. The van der Waals surface area contributed by atoms with Crippen LogP contribution in [0.15, 0.2) is 203 Å². The molecule has 13 rings (SSSR count). The lowest BCUT2D eigenvalue weighted by Gasteiger charge is -2.26. The van der Waals surface area contributed by atoms with Crippen molar-refractivity contribution < 1.29 is 4.42 Å². The highest BCUT2D eigenvalue weighted by Gasteiger charge is 2.27. The van der Waals surface area contributed by atoms with Crippen LogP contribution in [0.3, 0.4) is 0 Å². The number of nitrogens with zero attached hydrogens (tertiary/aromatic N) is 2. The summed E-state index contributed by atoms with van der Waals surface area (Å²) in [6, 6.07) is 68.6. The zero-order valence-corrected chi connectivity index (χ0v) is 31.7. The summed E-state index contributed by atoms with van der Waals surface area (Å²) in [6.45, 7) is 0. The van der Waals surface area contributed by atoms with Gasteiger partial charge in [-0.25, -0.2) is 0 Å². The largest absolute Gasteiger partial charge is 0.456 e. The number of hydrogen-bond acceptors (Lipinski definition) is 2. The molecule has 9 aromatic carbocycles. The Morgan fingerprint density at radius 2 is 0.831 bits per heavy atom.